The first kappa shape index (κ1) is 50.7. The SMILES string of the molecule is CC(C)C1CCC(C)(S(=O)(=O)Oc2cccc(OS(=O)(=O)C3(C)CCC(C(C)C)C(Cl)C3(Cl)Cl)c2OS(=O)(=O)C2(C)CCC(C(C)C)C(Cl)C2(Cl)Cl)C(Cl)(Cl)C1Cl. The smallest absolute Gasteiger partial charge is 0.318 e. The van der Waals surface area contributed by atoms with Crippen molar-refractivity contribution in [3.63, 3.8) is 0 Å². The van der Waals surface area contributed by atoms with Gasteiger partial charge in [-0.3, -0.25) is 0 Å². The minimum atomic E-state index is -5.10. The third kappa shape index (κ3) is 8.34. The van der Waals surface area contributed by atoms with Gasteiger partial charge in [0.1, 0.15) is 14.2 Å². The predicted octanol–water partition coefficient (Wildman–Crippen LogP) is 11.6. The van der Waals surface area contributed by atoms with Crippen LogP contribution in [0.3, 0.4) is 0 Å². The molecule has 21 heteroatoms. The zero-order valence-corrected chi connectivity index (χ0v) is 42.2. The van der Waals surface area contributed by atoms with Gasteiger partial charge in [0.15, 0.2) is 24.5 Å². The van der Waals surface area contributed by atoms with Gasteiger partial charge in [0, 0.05) is 0 Å². The Morgan fingerprint density at radius 3 is 1.00 bits per heavy atom. The lowest BCUT2D eigenvalue weighted by Gasteiger charge is -2.49. The maximum atomic E-state index is 14.6. The molecular weight excluding hydrogens is 992 g/mol. The molecule has 9 unspecified atom stereocenters. The van der Waals surface area contributed by atoms with Crippen LogP contribution in [0.25, 0.3) is 0 Å². The summed E-state index contributed by atoms with van der Waals surface area (Å²) < 4.78 is 91.3. The Labute approximate surface area is 384 Å². The molecule has 1 aromatic rings. The summed E-state index contributed by atoms with van der Waals surface area (Å²) in [6.07, 6.45) is 0.495. The molecule has 0 saturated heterocycles. The van der Waals surface area contributed by atoms with E-state index in [9.17, 15) is 25.3 Å². The second-order valence-electron chi connectivity index (χ2n) is 17.3. The first-order valence-electron chi connectivity index (χ1n) is 18.6. The highest BCUT2D eigenvalue weighted by Gasteiger charge is 2.67. The van der Waals surface area contributed by atoms with Gasteiger partial charge in [0.25, 0.3) is 0 Å². The van der Waals surface area contributed by atoms with Crippen LogP contribution in [0.5, 0.6) is 17.2 Å². The molecule has 1 aromatic carbocycles. The van der Waals surface area contributed by atoms with Crippen LogP contribution < -0.4 is 12.5 Å². The van der Waals surface area contributed by atoms with Gasteiger partial charge in [0.2, 0.25) is 5.75 Å². The summed E-state index contributed by atoms with van der Waals surface area (Å²) in [5, 5.41) is -3.19. The van der Waals surface area contributed by atoms with E-state index in [0.717, 1.165) is 12.1 Å². The molecule has 9 nitrogen and oxygen atoms in total. The average Bonchev–Trinajstić information content (AvgIpc) is 3.06. The highest BCUT2D eigenvalue weighted by atomic mass is 35.5. The van der Waals surface area contributed by atoms with Crippen molar-refractivity contribution in [1.29, 1.82) is 0 Å². The van der Waals surface area contributed by atoms with Crippen molar-refractivity contribution in [1.82, 2.24) is 0 Å². The van der Waals surface area contributed by atoms with Crippen LogP contribution in [0.2, 0.25) is 0 Å². The van der Waals surface area contributed by atoms with E-state index in [-0.39, 0.29) is 61.2 Å². The second-order valence-corrected chi connectivity index (χ2v) is 28.8. The fraction of sp³-hybridized carbons (Fsp3) is 0.833. The third-order valence-electron chi connectivity index (χ3n) is 12.9. The standard InChI is InChI=1S/C36H51Cl9O9S3/c1-19(2)22-13-16-31(7,34(40,41)28(22)37)55(46,47)52-25-11-10-12-26(53-56(48,49)32(8)17-14-23(20(3)4)29(38)35(32,42)43)27(25)54-57(50,51)33(9)18-15-24(21(5)6)30(39)36(33,44)45/h10-12,19-24,28-30H,13-18H2,1-9H3. The van der Waals surface area contributed by atoms with Gasteiger partial charge in [-0.15, -0.1) is 34.8 Å². The molecule has 57 heavy (non-hydrogen) atoms. The molecule has 0 N–H and O–H groups in total. The number of halogens is 9. The summed E-state index contributed by atoms with van der Waals surface area (Å²) in [5.74, 6) is -3.41. The molecule has 3 aliphatic carbocycles. The van der Waals surface area contributed by atoms with Crippen molar-refractivity contribution < 1.29 is 37.8 Å². The van der Waals surface area contributed by atoms with E-state index in [0.29, 0.717) is 12.8 Å². The van der Waals surface area contributed by atoms with E-state index in [1.165, 1.54) is 26.8 Å². The first-order chi connectivity index (χ1) is 25.6. The maximum absolute atomic E-state index is 14.6. The molecule has 9 atom stereocenters. The van der Waals surface area contributed by atoms with Crippen LogP contribution in [0.1, 0.15) is 101 Å². The van der Waals surface area contributed by atoms with E-state index in [1.807, 2.05) is 41.5 Å². The van der Waals surface area contributed by atoms with Crippen molar-refractivity contribution in [3.05, 3.63) is 18.2 Å². The van der Waals surface area contributed by atoms with E-state index >= 15 is 0 Å². The van der Waals surface area contributed by atoms with Crippen LogP contribution in [-0.4, -0.2) is 68.6 Å². The van der Waals surface area contributed by atoms with Gasteiger partial charge in [-0.1, -0.05) is 117 Å². The molecule has 0 aromatic heterocycles. The molecule has 4 rings (SSSR count). The first-order valence-corrected chi connectivity index (χ1v) is 26.4. The quantitative estimate of drug-likeness (QED) is 0.148. The summed E-state index contributed by atoms with van der Waals surface area (Å²) in [6, 6.07) is 3.25. The number of para-hydroxylation sites is 1. The van der Waals surface area contributed by atoms with E-state index in [4.69, 9.17) is 117 Å². The molecule has 0 aliphatic heterocycles. The summed E-state index contributed by atoms with van der Waals surface area (Å²) in [6.45, 7) is 15.2. The zero-order valence-electron chi connectivity index (χ0n) is 33.0. The van der Waals surface area contributed by atoms with Crippen LogP contribution in [0, 0.1) is 35.5 Å². The Balaban J connectivity index is 1.90. The van der Waals surface area contributed by atoms with Crippen LogP contribution >= 0.6 is 104 Å². The molecule has 0 heterocycles. The van der Waals surface area contributed by atoms with E-state index < -0.39 is 91.0 Å². The predicted molar refractivity (Wildman–Crippen MR) is 235 cm³/mol. The number of benzene rings is 1. The normalized spacial score (nSPS) is 35.9. The number of hydrogen-bond acceptors (Lipinski definition) is 9. The average molecular weight is 1040 g/mol. The summed E-state index contributed by atoms with van der Waals surface area (Å²) >= 11 is 61.2. The minimum Gasteiger partial charge on any atom is -0.378 e. The van der Waals surface area contributed by atoms with Gasteiger partial charge in [0.05, 0.1) is 16.1 Å². The maximum Gasteiger partial charge on any atom is 0.318 e. The van der Waals surface area contributed by atoms with Crippen LogP contribution in [0.15, 0.2) is 18.2 Å². The number of alkyl halides is 9. The molecule has 0 amide bonds. The number of hydrogen-bond donors (Lipinski definition) is 0. The van der Waals surface area contributed by atoms with Gasteiger partial charge in [-0.25, -0.2) is 0 Å². The topological polar surface area (TPSA) is 130 Å². The molecule has 3 saturated carbocycles. The minimum absolute atomic E-state index is 0.00449. The molecule has 3 aliphatic rings. The van der Waals surface area contributed by atoms with Gasteiger partial charge >= 0.3 is 30.4 Å². The fourth-order valence-corrected chi connectivity index (χ4v) is 17.7. The Morgan fingerprint density at radius 2 is 0.754 bits per heavy atom. The van der Waals surface area contributed by atoms with Crippen molar-refractivity contribution >= 4 is 135 Å². The van der Waals surface area contributed by atoms with Gasteiger partial charge < -0.3 is 12.5 Å². The largest absolute Gasteiger partial charge is 0.378 e. The lowest BCUT2D eigenvalue weighted by Crippen LogP contribution is -2.62. The van der Waals surface area contributed by atoms with Gasteiger partial charge in [-0.05, 0) is 107 Å². The van der Waals surface area contributed by atoms with Crippen molar-refractivity contribution in [2.24, 2.45) is 35.5 Å². The Kier molecular flexibility index (Phi) is 15.0. The van der Waals surface area contributed by atoms with Crippen LogP contribution in [-0.2, 0) is 30.4 Å². The third-order valence-corrected chi connectivity index (χ3v) is 26.2. The Hall–Kier alpha value is 1.08. The van der Waals surface area contributed by atoms with Crippen molar-refractivity contribution in [3.8, 4) is 17.2 Å². The monoisotopic (exact) mass is 1040 g/mol. The van der Waals surface area contributed by atoms with Crippen LogP contribution in [0.4, 0.5) is 0 Å². The Bertz CT molecular complexity index is 1900. The Morgan fingerprint density at radius 1 is 0.509 bits per heavy atom. The molecule has 0 radical (unpaired) electrons. The summed E-state index contributed by atoms with van der Waals surface area (Å²) in [7, 11) is -15.1. The second kappa shape index (κ2) is 16.9. The molecule has 3 fully saturated rings. The fourth-order valence-electron chi connectivity index (χ4n) is 8.17. The number of rotatable bonds is 12. The molecule has 0 spiro atoms. The highest BCUT2D eigenvalue weighted by molar-refractivity contribution is 7.89. The lowest BCUT2D eigenvalue weighted by molar-refractivity contribution is 0.228. The molecule has 330 valence electrons. The summed E-state index contributed by atoms with van der Waals surface area (Å²) in [5.41, 5.74) is 0. The lowest BCUT2D eigenvalue weighted by atomic mass is 9.76. The van der Waals surface area contributed by atoms with Crippen molar-refractivity contribution in [2.45, 2.75) is 144 Å². The van der Waals surface area contributed by atoms with E-state index in [2.05, 4.69) is 0 Å². The van der Waals surface area contributed by atoms with Crippen molar-refractivity contribution in [2.75, 3.05) is 0 Å². The van der Waals surface area contributed by atoms with E-state index in [1.54, 1.807) is 0 Å². The van der Waals surface area contributed by atoms with Gasteiger partial charge in [-0.2, -0.15) is 25.3 Å². The summed E-state index contributed by atoms with van der Waals surface area (Å²) in [4.78, 5) is 0. The molecular formula is C36H51Cl9O9S3. The highest BCUT2D eigenvalue weighted by Crippen LogP contribution is 2.60. The zero-order chi connectivity index (χ0) is 43.9. The molecule has 0 bridgehead atoms.